The first-order chi connectivity index (χ1) is 18.1. The largest absolute Gasteiger partial charge is 0.493 e. The van der Waals surface area contributed by atoms with Crippen molar-refractivity contribution in [3.8, 4) is 5.75 Å². The highest BCUT2D eigenvalue weighted by molar-refractivity contribution is 7.89. The molecular formula is C27H37ClN6O3S. The molecule has 0 amide bonds. The minimum Gasteiger partial charge on any atom is -0.493 e. The number of nitrogens with zero attached hydrogens (tertiary/aromatic N) is 3. The highest BCUT2D eigenvalue weighted by atomic mass is 35.5. The minimum atomic E-state index is -3.68. The molecule has 0 aliphatic rings. The Labute approximate surface area is 231 Å². The van der Waals surface area contributed by atoms with Gasteiger partial charge in [0.05, 0.1) is 18.5 Å². The van der Waals surface area contributed by atoms with Crippen LogP contribution in [0, 0.1) is 5.92 Å². The van der Waals surface area contributed by atoms with Gasteiger partial charge in [0.25, 0.3) is 0 Å². The van der Waals surface area contributed by atoms with Gasteiger partial charge in [-0.25, -0.2) is 23.1 Å². The fourth-order valence-corrected chi connectivity index (χ4v) is 4.64. The number of nitrogens with one attached hydrogen (secondary N) is 3. The Balaban J connectivity index is 1.84. The Hall–Kier alpha value is -2.92. The minimum absolute atomic E-state index is 0.0942. The molecule has 9 nitrogen and oxygen atoms in total. The van der Waals surface area contributed by atoms with E-state index in [4.69, 9.17) is 16.3 Å². The molecular weight excluding hydrogens is 524 g/mol. The monoisotopic (exact) mass is 560 g/mol. The topological polar surface area (TPSA) is 108 Å². The van der Waals surface area contributed by atoms with E-state index in [1.807, 2.05) is 18.2 Å². The van der Waals surface area contributed by atoms with Gasteiger partial charge in [0, 0.05) is 30.3 Å². The summed E-state index contributed by atoms with van der Waals surface area (Å²) in [4.78, 5) is 11.3. The molecule has 2 aromatic carbocycles. The van der Waals surface area contributed by atoms with Crippen molar-refractivity contribution in [2.45, 2.75) is 31.6 Å². The molecule has 11 heteroatoms. The van der Waals surface area contributed by atoms with Gasteiger partial charge >= 0.3 is 0 Å². The molecule has 206 valence electrons. The van der Waals surface area contributed by atoms with Crippen LogP contribution in [0.5, 0.6) is 5.75 Å². The molecule has 1 heterocycles. The zero-order valence-corrected chi connectivity index (χ0v) is 24.2. The molecule has 3 aromatic rings. The quantitative estimate of drug-likeness (QED) is 0.242. The highest BCUT2D eigenvalue weighted by Crippen LogP contribution is 2.30. The summed E-state index contributed by atoms with van der Waals surface area (Å²) in [5.74, 6) is 1.98. The van der Waals surface area contributed by atoms with Crippen molar-refractivity contribution >= 4 is 38.8 Å². The van der Waals surface area contributed by atoms with Crippen LogP contribution < -0.4 is 20.1 Å². The van der Waals surface area contributed by atoms with Crippen molar-refractivity contribution in [3.05, 3.63) is 65.1 Å². The summed E-state index contributed by atoms with van der Waals surface area (Å²) in [7, 11) is 1.82. The van der Waals surface area contributed by atoms with Crippen LogP contribution >= 0.6 is 11.6 Å². The van der Waals surface area contributed by atoms with Crippen molar-refractivity contribution in [1.82, 2.24) is 19.6 Å². The summed E-state index contributed by atoms with van der Waals surface area (Å²) >= 11 is 6.38. The van der Waals surface area contributed by atoms with E-state index in [0.29, 0.717) is 36.3 Å². The smallest absolute Gasteiger partial charge is 0.242 e. The van der Waals surface area contributed by atoms with E-state index in [2.05, 4.69) is 58.2 Å². The molecule has 1 aromatic heterocycles. The number of hydrogen-bond acceptors (Lipinski definition) is 8. The van der Waals surface area contributed by atoms with Gasteiger partial charge < -0.3 is 20.3 Å². The second kappa shape index (κ2) is 13.7. The molecule has 0 saturated carbocycles. The fourth-order valence-electron chi connectivity index (χ4n) is 3.62. The summed E-state index contributed by atoms with van der Waals surface area (Å²) in [5.41, 5.74) is 2.29. The molecule has 3 rings (SSSR count). The summed E-state index contributed by atoms with van der Waals surface area (Å²) < 4.78 is 33.4. The van der Waals surface area contributed by atoms with Crippen LogP contribution in [0.15, 0.2) is 53.6 Å². The summed E-state index contributed by atoms with van der Waals surface area (Å²) in [6, 6.07) is 12.6. The third kappa shape index (κ3) is 8.56. The Morgan fingerprint density at radius 1 is 1.13 bits per heavy atom. The van der Waals surface area contributed by atoms with Gasteiger partial charge in [-0.15, -0.1) is 0 Å². The van der Waals surface area contributed by atoms with Gasteiger partial charge in [-0.1, -0.05) is 43.6 Å². The molecule has 0 bridgehead atoms. The van der Waals surface area contributed by atoms with Crippen LogP contribution in [-0.4, -0.2) is 64.1 Å². The first-order valence-corrected chi connectivity index (χ1v) is 14.4. The van der Waals surface area contributed by atoms with Crippen LogP contribution in [0.3, 0.4) is 0 Å². The Kier molecular flexibility index (Phi) is 10.7. The van der Waals surface area contributed by atoms with Crippen molar-refractivity contribution in [3.63, 3.8) is 0 Å². The number of sulfonamides is 1. The average Bonchev–Trinajstić information content (AvgIpc) is 2.88. The van der Waals surface area contributed by atoms with Gasteiger partial charge in [0.15, 0.2) is 5.82 Å². The van der Waals surface area contributed by atoms with Gasteiger partial charge in [-0.3, -0.25) is 0 Å². The zero-order valence-electron chi connectivity index (χ0n) is 22.6. The first kappa shape index (κ1) is 29.6. The maximum absolute atomic E-state index is 12.5. The third-order valence-corrected chi connectivity index (χ3v) is 7.34. The Bertz CT molecular complexity index is 1320. The molecule has 0 fully saturated rings. The molecule has 0 aliphatic carbocycles. The highest BCUT2D eigenvalue weighted by Gasteiger charge is 2.18. The number of para-hydroxylation sites is 1. The lowest BCUT2D eigenvalue weighted by molar-refractivity contribution is 0.269. The van der Waals surface area contributed by atoms with E-state index < -0.39 is 10.0 Å². The van der Waals surface area contributed by atoms with Gasteiger partial charge in [-0.2, -0.15) is 0 Å². The van der Waals surface area contributed by atoms with Crippen LogP contribution in [0.25, 0.3) is 0 Å². The van der Waals surface area contributed by atoms with Gasteiger partial charge in [-0.05, 0) is 58.2 Å². The first-order valence-electron chi connectivity index (χ1n) is 12.5. The number of benzene rings is 2. The number of rotatable bonds is 14. The molecule has 0 aliphatic heterocycles. The standard InChI is InChI=1S/C27H37ClN6O3S/c1-19(2)18-37-24-16-21(30-13-8-14-34(4)5)12-11-20(24)15-26-31-17-22(28)27(33-26)32-23-9-6-7-10-25(23)38(35,36)29-3/h6-7,9-12,16-17,19,29-30H,8,13-15,18H2,1-5H3,(H,31,32,33). The van der Waals surface area contributed by atoms with Gasteiger partial charge in [0.2, 0.25) is 10.0 Å². The van der Waals surface area contributed by atoms with E-state index in [1.54, 1.807) is 18.2 Å². The van der Waals surface area contributed by atoms with Gasteiger partial charge in [0.1, 0.15) is 21.5 Å². The summed E-state index contributed by atoms with van der Waals surface area (Å²) in [5, 5.41) is 6.80. The molecule has 0 radical (unpaired) electrons. The molecule has 0 spiro atoms. The van der Waals surface area contributed by atoms with Crippen LogP contribution in [0.2, 0.25) is 5.02 Å². The normalized spacial score (nSPS) is 11.7. The Morgan fingerprint density at radius 3 is 2.61 bits per heavy atom. The van der Waals surface area contributed by atoms with E-state index in [9.17, 15) is 8.42 Å². The summed E-state index contributed by atoms with van der Waals surface area (Å²) in [6.07, 6.45) is 2.96. The van der Waals surface area contributed by atoms with Crippen LogP contribution in [0.4, 0.5) is 17.2 Å². The lowest BCUT2D eigenvalue weighted by Crippen LogP contribution is -2.19. The van der Waals surface area contributed by atoms with Crippen molar-refractivity contribution in [2.24, 2.45) is 5.92 Å². The van der Waals surface area contributed by atoms with Crippen LogP contribution in [-0.2, 0) is 16.4 Å². The second-order valence-corrected chi connectivity index (χ2v) is 11.9. The van der Waals surface area contributed by atoms with Crippen LogP contribution in [0.1, 0.15) is 31.7 Å². The maximum Gasteiger partial charge on any atom is 0.242 e. The van der Waals surface area contributed by atoms with E-state index in [0.717, 1.165) is 36.5 Å². The van der Waals surface area contributed by atoms with E-state index in [-0.39, 0.29) is 9.92 Å². The molecule has 0 unspecified atom stereocenters. The second-order valence-electron chi connectivity index (χ2n) is 9.60. The molecule has 38 heavy (non-hydrogen) atoms. The van der Waals surface area contributed by atoms with Crippen molar-refractivity contribution in [2.75, 3.05) is 51.5 Å². The SMILES string of the molecule is CNS(=O)(=O)c1ccccc1Nc1nc(Cc2ccc(NCCCN(C)C)cc2OCC(C)C)ncc1Cl. The Morgan fingerprint density at radius 2 is 1.89 bits per heavy atom. The molecule has 0 atom stereocenters. The van der Waals surface area contributed by atoms with Crippen molar-refractivity contribution < 1.29 is 13.2 Å². The van der Waals surface area contributed by atoms with E-state index in [1.165, 1.54) is 19.3 Å². The molecule has 3 N–H and O–H groups in total. The lowest BCUT2D eigenvalue weighted by Gasteiger charge is -2.16. The fraction of sp³-hybridized carbons (Fsp3) is 0.407. The lowest BCUT2D eigenvalue weighted by atomic mass is 10.1. The van der Waals surface area contributed by atoms with E-state index >= 15 is 0 Å². The average molecular weight is 561 g/mol. The predicted octanol–water partition coefficient (Wildman–Crippen LogP) is 4.77. The third-order valence-electron chi connectivity index (χ3n) is 5.59. The number of aromatic nitrogens is 2. The predicted molar refractivity (Wildman–Crippen MR) is 154 cm³/mol. The number of anilines is 3. The zero-order chi connectivity index (χ0) is 27.7. The number of ether oxygens (including phenoxy) is 1. The maximum atomic E-state index is 12.5. The number of hydrogen-bond donors (Lipinski definition) is 3. The summed E-state index contributed by atoms with van der Waals surface area (Å²) in [6.45, 7) is 6.67. The van der Waals surface area contributed by atoms with Crippen molar-refractivity contribution in [1.29, 1.82) is 0 Å². The number of halogens is 1. The molecule has 0 saturated heterocycles.